The van der Waals surface area contributed by atoms with Gasteiger partial charge in [-0.15, -0.1) is 0 Å². The number of piperidine rings is 1. The molecule has 2 unspecified atom stereocenters. The van der Waals surface area contributed by atoms with Crippen LogP contribution in [0.1, 0.15) is 50.0 Å². The molecule has 0 saturated carbocycles. The minimum Gasteiger partial charge on any atom is -0.493 e. The number of ether oxygens (including phenoxy) is 2. The highest BCUT2D eigenvalue weighted by atomic mass is 16.5. The van der Waals surface area contributed by atoms with Crippen molar-refractivity contribution in [1.82, 2.24) is 20.4 Å². The Hall–Kier alpha value is -3.32. The molecule has 7 heteroatoms. The maximum absolute atomic E-state index is 5.75. The van der Waals surface area contributed by atoms with Crippen molar-refractivity contribution in [2.75, 3.05) is 14.2 Å². The summed E-state index contributed by atoms with van der Waals surface area (Å²) in [4.78, 5) is 8.43. The molecule has 0 radical (unpaired) electrons. The summed E-state index contributed by atoms with van der Waals surface area (Å²) < 4.78 is 16.7. The van der Waals surface area contributed by atoms with E-state index >= 15 is 0 Å². The van der Waals surface area contributed by atoms with Crippen molar-refractivity contribution >= 4 is 10.9 Å². The third-order valence-corrected chi connectivity index (χ3v) is 7.45. The van der Waals surface area contributed by atoms with Crippen LogP contribution in [0.5, 0.6) is 11.5 Å². The van der Waals surface area contributed by atoms with Gasteiger partial charge in [0.05, 0.1) is 14.2 Å². The van der Waals surface area contributed by atoms with E-state index in [1.165, 1.54) is 23.8 Å². The topological polar surface area (TPSA) is 85.2 Å². The maximum Gasteiger partial charge on any atom is 0.230 e. The highest BCUT2D eigenvalue weighted by Gasteiger charge is 2.36. The summed E-state index contributed by atoms with van der Waals surface area (Å²) >= 11 is 0. The SMILES string of the molecule is CCc1c(-c2ccc(OC)c(OC)c2)[nH]c2ccc(-c3noc(C4CC5CCC(C4)N5)n3)cc12. The molecule has 4 aromatic rings. The van der Waals surface area contributed by atoms with Crippen molar-refractivity contribution in [1.29, 1.82) is 0 Å². The Labute approximate surface area is 198 Å². The Kier molecular flexibility index (Phi) is 5.29. The number of methoxy groups -OCH3 is 2. The third-order valence-electron chi connectivity index (χ3n) is 7.45. The first-order chi connectivity index (χ1) is 16.7. The lowest BCUT2D eigenvalue weighted by Gasteiger charge is -2.26. The van der Waals surface area contributed by atoms with E-state index in [0.29, 0.717) is 29.6 Å². The molecule has 2 aliphatic heterocycles. The van der Waals surface area contributed by atoms with Gasteiger partial charge in [0.2, 0.25) is 11.7 Å². The van der Waals surface area contributed by atoms with Crippen molar-refractivity contribution in [2.24, 2.45) is 0 Å². The Morgan fingerprint density at radius 2 is 1.74 bits per heavy atom. The summed E-state index contributed by atoms with van der Waals surface area (Å²) in [6.45, 7) is 2.18. The van der Waals surface area contributed by atoms with Gasteiger partial charge in [-0.05, 0) is 74.1 Å². The zero-order valence-electron chi connectivity index (χ0n) is 19.9. The minimum absolute atomic E-state index is 0.360. The van der Waals surface area contributed by atoms with E-state index in [4.69, 9.17) is 19.0 Å². The van der Waals surface area contributed by atoms with E-state index in [2.05, 4.69) is 46.6 Å². The van der Waals surface area contributed by atoms with Crippen LogP contribution in [0.3, 0.4) is 0 Å². The van der Waals surface area contributed by atoms with Crippen LogP contribution in [0.25, 0.3) is 33.5 Å². The molecule has 4 heterocycles. The predicted octanol–water partition coefficient (Wildman–Crippen LogP) is 5.46. The van der Waals surface area contributed by atoms with Gasteiger partial charge in [-0.3, -0.25) is 0 Å². The second-order valence-electron chi connectivity index (χ2n) is 9.42. The lowest BCUT2D eigenvalue weighted by atomic mass is 9.92. The van der Waals surface area contributed by atoms with Gasteiger partial charge < -0.3 is 24.3 Å². The number of fused-ring (bicyclic) bond motifs is 3. The normalized spacial score (nSPS) is 21.8. The number of H-pyrrole nitrogens is 1. The van der Waals surface area contributed by atoms with Gasteiger partial charge in [-0.2, -0.15) is 4.98 Å². The number of aromatic nitrogens is 3. The monoisotopic (exact) mass is 458 g/mol. The number of aromatic amines is 1. The highest BCUT2D eigenvalue weighted by Crippen LogP contribution is 2.39. The molecular weight excluding hydrogens is 428 g/mol. The lowest BCUT2D eigenvalue weighted by Crippen LogP contribution is -2.37. The van der Waals surface area contributed by atoms with Crippen LogP contribution in [0.2, 0.25) is 0 Å². The molecule has 0 amide bonds. The first kappa shape index (κ1) is 21.2. The van der Waals surface area contributed by atoms with Gasteiger partial charge in [-0.1, -0.05) is 12.1 Å². The highest BCUT2D eigenvalue weighted by molar-refractivity contribution is 5.93. The number of aryl methyl sites for hydroxylation is 1. The van der Waals surface area contributed by atoms with Crippen molar-refractivity contribution in [3.63, 3.8) is 0 Å². The van der Waals surface area contributed by atoms with Gasteiger partial charge in [0.1, 0.15) is 0 Å². The number of hydrogen-bond acceptors (Lipinski definition) is 6. The quantitative estimate of drug-likeness (QED) is 0.399. The fourth-order valence-corrected chi connectivity index (χ4v) is 5.77. The fourth-order valence-electron chi connectivity index (χ4n) is 5.77. The summed E-state index contributed by atoms with van der Waals surface area (Å²) in [7, 11) is 3.31. The maximum atomic E-state index is 5.75. The summed E-state index contributed by atoms with van der Waals surface area (Å²) in [6, 6.07) is 13.6. The predicted molar refractivity (Wildman–Crippen MR) is 131 cm³/mol. The van der Waals surface area contributed by atoms with Gasteiger partial charge in [0.25, 0.3) is 0 Å². The summed E-state index contributed by atoms with van der Waals surface area (Å²) in [6.07, 6.45) is 5.58. The average Bonchev–Trinajstić information content (AvgIpc) is 3.59. The zero-order chi connectivity index (χ0) is 23.2. The van der Waals surface area contributed by atoms with E-state index in [-0.39, 0.29) is 0 Å². The van der Waals surface area contributed by atoms with Crippen LogP contribution < -0.4 is 14.8 Å². The van der Waals surface area contributed by atoms with Crippen LogP contribution in [0.15, 0.2) is 40.9 Å². The molecule has 2 atom stereocenters. The molecule has 34 heavy (non-hydrogen) atoms. The molecule has 6 rings (SSSR count). The van der Waals surface area contributed by atoms with Gasteiger partial charge >= 0.3 is 0 Å². The number of nitrogens with zero attached hydrogens (tertiary/aromatic N) is 2. The van der Waals surface area contributed by atoms with Crippen molar-refractivity contribution in [3.8, 4) is 34.1 Å². The van der Waals surface area contributed by atoms with Crippen molar-refractivity contribution in [2.45, 2.75) is 57.0 Å². The smallest absolute Gasteiger partial charge is 0.230 e. The molecule has 2 N–H and O–H groups in total. The average molecular weight is 459 g/mol. The first-order valence-electron chi connectivity index (χ1n) is 12.1. The van der Waals surface area contributed by atoms with Crippen LogP contribution in [0, 0.1) is 0 Å². The van der Waals surface area contributed by atoms with E-state index in [0.717, 1.165) is 53.2 Å². The zero-order valence-corrected chi connectivity index (χ0v) is 19.9. The summed E-state index contributed by atoms with van der Waals surface area (Å²) in [5.41, 5.74) is 5.47. The van der Waals surface area contributed by atoms with Crippen LogP contribution in [-0.4, -0.2) is 41.4 Å². The Bertz CT molecular complexity index is 1330. The molecule has 2 aliphatic rings. The van der Waals surface area contributed by atoms with E-state index in [9.17, 15) is 0 Å². The lowest BCUT2D eigenvalue weighted by molar-refractivity contribution is 0.287. The van der Waals surface area contributed by atoms with Crippen molar-refractivity contribution < 1.29 is 14.0 Å². The summed E-state index contributed by atoms with van der Waals surface area (Å²) in [5, 5.41) is 9.21. The third kappa shape index (κ3) is 3.55. The molecule has 7 nitrogen and oxygen atoms in total. The Morgan fingerprint density at radius 3 is 2.47 bits per heavy atom. The first-order valence-corrected chi connectivity index (χ1v) is 12.1. The second-order valence-corrected chi connectivity index (χ2v) is 9.42. The number of benzene rings is 2. The van der Waals surface area contributed by atoms with Crippen LogP contribution in [-0.2, 0) is 6.42 Å². The molecule has 0 aliphatic carbocycles. The second kappa shape index (κ2) is 8.47. The molecule has 2 aromatic heterocycles. The molecule has 2 aromatic carbocycles. The van der Waals surface area contributed by atoms with Crippen molar-refractivity contribution in [3.05, 3.63) is 47.9 Å². The minimum atomic E-state index is 0.360. The molecule has 2 bridgehead atoms. The number of rotatable bonds is 6. The van der Waals surface area contributed by atoms with E-state index in [1.807, 2.05) is 12.1 Å². The molecule has 176 valence electrons. The van der Waals surface area contributed by atoms with Gasteiger partial charge in [0.15, 0.2) is 11.5 Å². The van der Waals surface area contributed by atoms with Crippen LogP contribution in [0.4, 0.5) is 0 Å². The van der Waals surface area contributed by atoms with Gasteiger partial charge in [-0.25, -0.2) is 0 Å². The summed E-state index contributed by atoms with van der Waals surface area (Å²) in [5.74, 6) is 3.24. The van der Waals surface area contributed by atoms with Gasteiger partial charge in [0, 0.05) is 45.7 Å². The fraction of sp³-hybridized carbons (Fsp3) is 0.407. The number of nitrogens with one attached hydrogen (secondary N) is 2. The number of hydrogen-bond donors (Lipinski definition) is 2. The largest absolute Gasteiger partial charge is 0.493 e. The van der Waals surface area contributed by atoms with E-state index < -0.39 is 0 Å². The van der Waals surface area contributed by atoms with E-state index in [1.54, 1.807) is 14.2 Å². The molecule has 0 spiro atoms. The molecule has 2 saturated heterocycles. The molecule has 2 fully saturated rings. The molecular formula is C27H30N4O3. The standard InChI is InChI=1S/C27H30N4O3/c1-4-20-21-13-16(26-30-27(34-31-26)17-11-18-7-8-19(12-17)28-18)5-9-22(21)29-25(20)15-6-10-23(32-2)24(14-15)33-3/h5-6,9-10,13-14,17-19,28-29H,4,7-8,11-12H2,1-3H3. The Morgan fingerprint density at radius 1 is 0.971 bits per heavy atom. The van der Waals surface area contributed by atoms with Crippen LogP contribution >= 0.6 is 0 Å². The Balaban J connectivity index is 1.35.